The summed E-state index contributed by atoms with van der Waals surface area (Å²) in [7, 11) is 0. The second-order valence-electron chi connectivity index (χ2n) is 15.9. The molecule has 0 aliphatic heterocycles. The fourth-order valence-corrected chi connectivity index (χ4v) is 10.0. The molecule has 6 atom stereocenters. The largest absolute Gasteiger partial charge is 0.504 e. The molecule has 3 N–H and O–H groups in total. The number of allylic oxidation sites excluding steroid dienone is 7. The molecule has 3 saturated carbocycles. The third kappa shape index (κ3) is 4.94. The average molecular weight is 623 g/mol. The lowest BCUT2D eigenvalue weighted by Crippen LogP contribution is -2.62. The van der Waals surface area contributed by atoms with Gasteiger partial charge < -0.3 is 15.7 Å². The van der Waals surface area contributed by atoms with Gasteiger partial charge in [-0.3, -0.25) is 14.4 Å². The number of hydrogen-bond acceptors (Lipinski definition) is 4. The first kappa shape index (κ1) is 32.3. The predicted octanol–water partition coefficient (Wildman–Crippen LogP) is 7.56. The highest BCUT2D eigenvalue weighted by Crippen LogP contribution is 2.75. The summed E-state index contributed by atoms with van der Waals surface area (Å²) in [6.07, 6.45) is 16.3. The fourth-order valence-electron chi connectivity index (χ4n) is 10.0. The van der Waals surface area contributed by atoms with Crippen molar-refractivity contribution in [1.82, 2.24) is 10.6 Å². The molecule has 0 bridgehead atoms. The second kappa shape index (κ2) is 11.2. The van der Waals surface area contributed by atoms with E-state index in [1.807, 2.05) is 37.3 Å². The van der Waals surface area contributed by atoms with Crippen molar-refractivity contribution in [1.29, 1.82) is 0 Å². The van der Waals surface area contributed by atoms with Crippen molar-refractivity contribution in [2.24, 2.45) is 33.0 Å². The molecule has 6 rings (SSSR count). The number of ketones is 1. The summed E-state index contributed by atoms with van der Waals surface area (Å²) in [5, 5.41) is 16.5. The maximum absolute atomic E-state index is 13.8. The molecule has 0 spiro atoms. The summed E-state index contributed by atoms with van der Waals surface area (Å²) in [6.45, 7) is 14.4. The van der Waals surface area contributed by atoms with Gasteiger partial charge in [-0.25, -0.2) is 0 Å². The fraction of sp³-hybridized carbons (Fsp3) is 0.525. The van der Waals surface area contributed by atoms with Gasteiger partial charge in [-0.05, 0) is 103 Å². The summed E-state index contributed by atoms with van der Waals surface area (Å²) in [4.78, 5) is 38.9. The van der Waals surface area contributed by atoms with Crippen molar-refractivity contribution in [3.63, 3.8) is 0 Å². The molecule has 6 heteroatoms. The third-order valence-corrected chi connectivity index (χ3v) is 13.4. The molecule has 5 aliphatic carbocycles. The summed E-state index contributed by atoms with van der Waals surface area (Å²) >= 11 is 0. The number of fused-ring (bicyclic) bond motifs is 7. The van der Waals surface area contributed by atoms with Gasteiger partial charge in [-0.2, -0.15) is 0 Å². The van der Waals surface area contributed by atoms with Gasteiger partial charge >= 0.3 is 0 Å². The molecule has 3 fully saturated rings. The van der Waals surface area contributed by atoms with Crippen LogP contribution >= 0.6 is 0 Å². The van der Waals surface area contributed by atoms with Gasteiger partial charge in [0.1, 0.15) is 0 Å². The van der Waals surface area contributed by atoms with Crippen LogP contribution in [0.1, 0.15) is 92.1 Å². The number of amides is 2. The zero-order valence-corrected chi connectivity index (χ0v) is 28.4. The molecule has 5 aliphatic rings. The molecular weight excluding hydrogens is 572 g/mol. The van der Waals surface area contributed by atoms with Crippen molar-refractivity contribution in [2.75, 3.05) is 13.1 Å². The van der Waals surface area contributed by atoms with Crippen molar-refractivity contribution in [3.8, 4) is 0 Å². The van der Waals surface area contributed by atoms with Crippen molar-refractivity contribution < 1.29 is 19.5 Å². The van der Waals surface area contributed by atoms with E-state index in [-0.39, 0.29) is 45.0 Å². The van der Waals surface area contributed by atoms with Crippen LogP contribution in [0.2, 0.25) is 0 Å². The lowest BCUT2D eigenvalue weighted by Gasteiger charge is -2.70. The first-order valence-corrected chi connectivity index (χ1v) is 17.1. The minimum atomic E-state index is -0.477. The molecule has 0 unspecified atom stereocenters. The normalized spacial score (nSPS) is 36.8. The van der Waals surface area contributed by atoms with E-state index in [2.05, 4.69) is 57.4 Å². The highest BCUT2D eigenvalue weighted by molar-refractivity contribution is 6.06. The van der Waals surface area contributed by atoms with Crippen LogP contribution in [-0.2, 0) is 14.4 Å². The number of aliphatic hydroxyl groups is 1. The van der Waals surface area contributed by atoms with Gasteiger partial charge in [0.05, 0.1) is 0 Å². The zero-order valence-electron chi connectivity index (χ0n) is 28.4. The molecule has 0 radical (unpaired) electrons. The number of carbonyl (C=O) groups is 3. The standard InChI is InChI=1S/C40H50N2O4/c1-26-28-13-14-31-38(4,29(28)24-30(43)34(26)45)19-21-40(6)32-25-37(3,17-16-36(32,2)18-20-39(31,40)5)35(46)42-23-22-41-33(44)15-12-27-10-8-7-9-11-27/h7-15,24,32,45H,16-23,25H2,1-6H3,(H,41,44)(H,42,46)/b15-12+/t32-,36-,37-,38+,39-,40+/m1/s1. The molecule has 1 aromatic rings. The van der Waals surface area contributed by atoms with Crippen molar-refractivity contribution in [3.05, 3.63) is 88.3 Å². The predicted molar refractivity (Wildman–Crippen MR) is 182 cm³/mol. The van der Waals surface area contributed by atoms with Crippen LogP contribution in [0.4, 0.5) is 0 Å². The summed E-state index contributed by atoms with van der Waals surface area (Å²) in [5.41, 5.74) is 4.42. The van der Waals surface area contributed by atoms with Crippen LogP contribution < -0.4 is 10.6 Å². The molecule has 0 saturated heterocycles. The summed E-state index contributed by atoms with van der Waals surface area (Å²) in [6, 6.07) is 9.70. The zero-order chi connectivity index (χ0) is 33.1. The van der Waals surface area contributed by atoms with E-state index in [9.17, 15) is 19.5 Å². The maximum atomic E-state index is 13.8. The van der Waals surface area contributed by atoms with Gasteiger partial charge in [0.25, 0.3) is 0 Å². The molecule has 0 aromatic heterocycles. The van der Waals surface area contributed by atoms with E-state index in [4.69, 9.17) is 0 Å². The van der Waals surface area contributed by atoms with E-state index in [1.54, 1.807) is 12.2 Å². The van der Waals surface area contributed by atoms with E-state index >= 15 is 0 Å². The van der Waals surface area contributed by atoms with E-state index in [1.165, 1.54) is 11.6 Å². The Bertz CT molecular complexity index is 1630. The van der Waals surface area contributed by atoms with Crippen molar-refractivity contribution in [2.45, 2.75) is 86.5 Å². The Hall–Kier alpha value is -3.67. The highest BCUT2D eigenvalue weighted by atomic mass is 16.3. The number of rotatable bonds is 6. The monoisotopic (exact) mass is 622 g/mol. The Morgan fingerprint density at radius 3 is 2.35 bits per heavy atom. The molecule has 2 amide bonds. The van der Waals surface area contributed by atoms with Gasteiger partial charge in [0, 0.05) is 35.6 Å². The molecule has 1 aromatic carbocycles. The van der Waals surface area contributed by atoms with Gasteiger partial charge in [0.2, 0.25) is 17.6 Å². The number of aliphatic hydroxyl groups excluding tert-OH is 1. The molecular formula is C40H50N2O4. The van der Waals surface area contributed by atoms with E-state index in [0.717, 1.165) is 61.7 Å². The molecule has 244 valence electrons. The van der Waals surface area contributed by atoms with Crippen LogP contribution in [0.3, 0.4) is 0 Å². The first-order chi connectivity index (χ1) is 21.7. The molecule has 0 heterocycles. The maximum Gasteiger partial charge on any atom is 0.244 e. The van der Waals surface area contributed by atoms with Crippen LogP contribution in [0.25, 0.3) is 6.08 Å². The number of benzene rings is 1. The highest BCUT2D eigenvalue weighted by Gasteiger charge is 2.67. The van der Waals surface area contributed by atoms with Crippen LogP contribution in [0, 0.1) is 33.0 Å². The van der Waals surface area contributed by atoms with Crippen LogP contribution in [0.15, 0.2) is 82.7 Å². The Labute approximate surface area is 274 Å². The van der Waals surface area contributed by atoms with Crippen LogP contribution in [0.5, 0.6) is 0 Å². The van der Waals surface area contributed by atoms with E-state index < -0.39 is 5.41 Å². The third-order valence-electron chi connectivity index (χ3n) is 13.4. The average Bonchev–Trinajstić information content (AvgIpc) is 3.04. The number of nitrogens with one attached hydrogen (secondary N) is 2. The lowest BCUT2D eigenvalue weighted by atomic mass is 9.34. The number of hydrogen-bond donors (Lipinski definition) is 3. The Balaban J connectivity index is 1.18. The van der Waals surface area contributed by atoms with Gasteiger partial charge in [-0.15, -0.1) is 0 Å². The van der Waals surface area contributed by atoms with E-state index in [0.29, 0.717) is 24.6 Å². The smallest absolute Gasteiger partial charge is 0.244 e. The van der Waals surface area contributed by atoms with Crippen LogP contribution in [-0.4, -0.2) is 35.8 Å². The molecule has 46 heavy (non-hydrogen) atoms. The minimum Gasteiger partial charge on any atom is -0.504 e. The van der Waals surface area contributed by atoms with Gasteiger partial charge in [0.15, 0.2) is 5.76 Å². The number of carbonyl (C=O) groups excluding carboxylic acids is 3. The minimum absolute atomic E-state index is 0.00995. The lowest BCUT2D eigenvalue weighted by molar-refractivity contribution is -0.169. The van der Waals surface area contributed by atoms with Crippen molar-refractivity contribution >= 4 is 23.7 Å². The Morgan fingerprint density at radius 2 is 1.61 bits per heavy atom. The second-order valence-corrected chi connectivity index (χ2v) is 15.9. The SMILES string of the molecule is CC1=C(O)C(=O)C=C2C1=CC=C1[C@@]2(C)CC[C@@]2(C)[C@@H]3C[C@](C)(C(=O)NCCNC(=O)/C=C/c4ccccc4)CC[C@]3(C)CC[C@]12C. The summed E-state index contributed by atoms with van der Waals surface area (Å²) in [5.74, 6) is -0.157. The topological polar surface area (TPSA) is 95.5 Å². The first-order valence-electron chi connectivity index (χ1n) is 17.1. The Kier molecular flexibility index (Phi) is 7.89. The van der Waals surface area contributed by atoms with Gasteiger partial charge in [-0.1, -0.05) is 82.7 Å². The quantitative estimate of drug-likeness (QED) is 0.225. The summed E-state index contributed by atoms with van der Waals surface area (Å²) < 4.78 is 0. The molecule has 6 nitrogen and oxygen atoms in total. The Morgan fingerprint density at radius 1 is 0.913 bits per heavy atom.